The third kappa shape index (κ3) is 2.02. The zero-order valence-electron chi connectivity index (χ0n) is 14.5. The summed E-state index contributed by atoms with van der Waals surface area (Å²) in [4.78, 5) is 41.7. The molecule has 2 bridgehead atoms. The fourth-order valence-electron chi connectivity index (χ4n) is 5.98. The Labute approximate surface area is 146 Å². The highest BCUT2D eigenvalue weighted by Gasteiger charge is 2.63. The van der Waals surface area contributed by atoms with Crippen molar-refractivity contribution in [1.29, 1.82) is 0 Å². The van der Waals surface area contributed by atoms with Gasteiger partial charge in [-0.3, -0.25) is 19.3 Å². The Hall–Kier alpha value is -1.47. The lowest BCUT2D eigenvalue weighted by molar-refractivity contribution is -0.152. The van der Waals surface area contributed by atoms with Crippen LogP contribution in [-0.4, -0.2) is 64.9 Å². The van der Waals surface area contributed by atoms with E-state index in [0.29, 0.717) is 24.9 Å². The lowest BCUT2D eigenvalue weighted by Gasteiger charge is -2.28. The Balaban J connectivity index is 1.33. The van der Waals surface area contributed by atoms with Crippen molar-refractivity contribution in [1.82, 2.24) is 9.80 Å². The molecule has 7 heteroatoms. The lowest BCUT2D eigenvalue weighted by atomic mass is 9.81. The summed E-state index contributed by atoms with van der Waals surface area (Å²) >= 11 is 0. The fourth-order valence-corrected chi connectivity index (χ4v) is 5.98. The quantitative estimate of drug-likeness (QED) is 0.695. The molecule has 4 saturated heterocycles. The van der Waals surface area contributed by atoms with Crippen molar-refractivity contribution in [3.8, 4) is 0 Å². The molecule has 8 atom stereocenters. The number of hydrogen-bond donors (Lipinski definition) is 1. The molecule has 0 aromatic carbocycles. The second kappa shape index (κ2) is 5.27. The van der Waals surface area contributed by atoms with Crippen molar-refractivity contribution in [3.05, 3.63) is 0 Å². The molecule has 0 aromatic heterocycles. The normalized spacial score (nSPS) is 46.1. The van der Waals surface area contributed by atoms with Gasteiger partial charge in [0.25, 0.3) is 0 Å². The van der Waals surface area contributed by atoms with Gasteiger partial charge in [0.05, 0.1) is 24.0 Å². The van der Waals surface area contributed by atoms with Crippen LogP contribution in [0.3, 0.4) is 0 Å². The number of rotatable bonds is 2. The summed E-state index contributed by atoms with van der Waals surface area (Å²) < 4.78 is 5.75. The number of nitrogens with zero attached hydrogens (tertiary/aromatic N) is 2. The molecule has 7 nitrogen and oxygen atoms in total. The predicted molar refractivity (Wildman–Crippen MR) is 87.0 cm³/mol. The summed E-state index contributed by atoms with van der Waals surface area (Å²) in [5, 5.41) is 0. The van der Waals surface area contributed by atoms with Gasteiger partial charge in [0.2, 0.25) is 17.7 Å². The molecule has 0 aromatic rings. The molecule has 3 amide bonds. The van der Waals surface area contributed by atoms with Gasteiger partial charge in [-0.2, -0.15) is 0 Å². The first kappa shape index (κ1) is 15.8. The summed E-state index contributed by atoms with van der Waals surface area (Å²) in [5.41, 5.74) is 6.15. The second-order valence-corrected chi connectivity index (χ2v) is 8.47. The van der Waals surface area contributed by atoms with Crippen molar-refractivity contribution in [3.63, 3.8) is 0 Å². The smallest absolute Gasteiger partial charge is 0.245 e. The van der Waals surface area contributed by atoms with Crippen LogP contribution in [0.4, 0.5) is 0 Å². The maximum Gasteiger partial charge on any atom is 0.245 e. The molecule has 1 aliphatic carbocycles. The molecule has 136 valence electrons. The monoisotopic (exact) mass is 347 g/mol. The number of hydrogen-bond acceptors (Lipinski definition) is 5. The number of carbonyl (C=O) groups excluding carboxylic acids is 3. The molecule has 4 aliphatic heterocycles. The molecule has 0 radical (unpaired) electrons. The molecule has 0 spiro atoms. The van der Waals surface area contributed by atoms with Crippen molar-refractivity contribution in [2.75, 3.05) is 13.1 Å². The van der Waals surface area contributed by atoms with E-state index in [4.69, 9.17) is 10.5 Å². The number of likely N-dealkylation sites (tertiary alicyclic amines) is 2. The minimum atomic E-state index is -0.722. The highest BCUT2D eigenvalue weighted by Crippen LogP contribution is 2.49. The van der Waals surface area contributed by atoms with E-state index in [-0.39, 0.29) is 47.8 Å². The van der Waals surface area contributed by atoms with Gasteiger partial charge < -0.3 is 15.4 Å². The van der Waals surface area contributed by atoms with E-state index < -0.39 is 6.04 Å². The van der Waals surface area contributed by atoms with Gasteiger partial charge in [-0.05, 0) is 44.4 Å². The highest BCUT2D eigenvalue weighted by atomic mass is 16.5. The number of carbonyl (C=O) groups is 3. The average molecular weight is 347 g/mol. The summed E-state index contributed by atoms with van der Waals surface area (Å²) in [6, 6.07) is -0.555. The van der Waals surface area contributed by atoms with E-state index >= 15 is 0 Å². The van der Waals surface area contributed by atoms with E-state index in [1.807, 2.05) is 4.90 Å². The number of fused-ring (bicyclic) bond motifs is 6. The standard InChI is InChI=1S/C18H25N3O4/c1-8(16(22)20-6-9-2-3-11(19)10(9)7-20)21-17(23)14-12-4-5-13(25-12)15(14)18(21)24/h8-15H,2-7,19H2,1H3. The van der Waals surface area contributed by atoms with Crippen molar-refractivity contribution in [2.45, 2.75) is 56.9 Å². The number of nitrogens with two attached hydrogens (primary N) is 1. The van der Waals surface area contributed by atoms with Crippen LogP contribution in [0.2, 0.25) is 0 Å². The van der Waals surface area contributed by atoms with E-state index in [1.54, 1.807) is 6.92 Å². The van der Waals surface area contributed by atoms with Crippen LogP contribution >= 0.6 is 0 Å². The van der Waals surface area contributed by atoms with Gasteiger partial charge in [0.1, 0.15) is 6.04 Å². The largest absolute Gasteiger partial charge is 0.373 e. The summed E-state index contributed by atoms with van der Waals surface area (Å²) in [7, 11) is 0. The van der Waals surface area contributed by atoms with E-state index in [9.17, 15) is 14.4 Å². The number of ether oxygens (including phenoxy) is 1. The van der Waals surface area contributed by atoms with Gasteiger partial charge in [-0.1, -0.05) is 0 Å². The highest BCUT2D eigenvalue weighted by molar-refractivity contribution is 6.09. The van der Waals surface area contributed by atoms with Crippen molar-refractivity contribution >= 4 is 17.7 Å². The first-order valence-electron chi connectivity index (χ1n) is 9.54. The number of imide groups is 1. The van der Waals surface area contributed by atoms with Crippen LogP contribution in [0.1, 0.15) is 32.6 Å². The molecular formula is C18H25N3O4. The van der Waals surface area contributed by atoms with Crippen LogP contribution in [-0.2, 0) is 19.1 Å². The predicted octanol–water partition coefficient (Wildman–Crippen LogP) is -0.267. The maximum absolute atomic E-state index is 13.0. The maximum atomic E-state index is 13.0. The molecular weight excluding hydrogens is 322 g/mol. The molecule has 1 saturated carbocycles. The Morgan fingerprint density at radius 2 is 1.72 bits per heavy atom. The average Bonchev–Trinajstić information content (AvgIpc) is 3.36. The second-order valence-electron chi connectivity index (χ2n) is 8.47. The van der Waals surface area contributed by atoms with Crippen LogP contribution in [0.15, 0.2) is 0 Å². The Kier molecular flexibility index (Phi) is 3.32. The third-order valence-electron chi connectivity index (χ3n) is 7.29. The molecule has 25 heavy (non-hydrogen) atoms. The Bertz CT molecular complexity index is 624. The van der Waals surface area contributed by atoms with Crippen LogP contribution in [0.5, 0.6) is 0 Å². The summed E-state index contributed by atoms with van der Waals surface area (Å²) in [5.74, 6) is -0.430. The molecule has 4 heterocycles. The topological polar surface area (TPSA) is 92.9 Å². The van der Waals surface area contributed by atoms with E-state index in [1.165, 1.54) is 4.90 Å². The van der Waals surface area contributed by atoms with Gasteiger partial charge in [-0.25, -0.2) is 0 Å². The SMILES string of the molecule is CC(C(=O)N1CC2CCC(N)C2C1)N1C(=O)C2C3CCC(O3)C2C1=O. The minimum absolute atomic E-state index is 0.114. The summed E-state index contributed by atoms with van der Waals surface area (Å²) in [6.07, 6.45) is 3.51. The van der Waals surface area contributed by atoms with Gasteiger partial charge >= 0.3 is 0 Å². The molecule has 5 fully saturated rings. The van der Waals surface area contributed by atoms with E-state index in [2.05, 4.69) is 0 Å². The van der Waals surface area contributed by atoms with Crippen LogP contribution in [0, 0.1) is 23.7 Å². The summed E-state index contributed by atoms with van der Waals surface area (Å²) in [6.45, 7) is 3.06. The van der Waals surface area contributed by atoms with Crippen LogP contribution < -0.4 is 5.73 Å². The Morgan fingerprint density at radius 3 is 2.32 bits per heavy atom. The van der Waals surface area contributed by atoms with Crippen molar-refractivity contribution < 1.29 is 19.1 Å². The van der Waals surface area contributed by atoms with Gasteiger partial charge in [0.15, 0.2) is 0 Å². The Morgan fingerprint density at radius 1 is 1.08 bits per heavy atom. The zero-order chi connectivity index (χ0) is 17.5. The first-order valence-corrected chi connectivity index (χ1v) is 9.54. The van der Waals surface area contributed by atoms with Gasteiger partial charge in [-0.15, -0.1) is 0 Å². The van der Waals surface area contributed by atoms with Crippen LogP contribution in [0.25, 0.3) is 0 Å². The lowest BCUT2D eigenvalue weighted by Crippen LogP contribution is -2.50. The molecule has 5 aliphatic rings. The molecule has 2 N–H and O–H groups in total. The van der Waals surface area contributed by atoms with E-state index in [0.717, 1.165) is 25.7 Å². The van der Waals surface area contributed by atoms with Crippen molar-refractivity contribution in [2.24, 2.45) is 29.4 Å². The molecule has 5 rings (SSSR count). The minimum Gasteiger partial charge on any atom is -0.373 e. The molecule has 8 unspecified atom stereocenters. The van der Waals surface area contributed by atoms with Gasteiger partial charge in [0, 0.05) is 19.1 Å². The third-order valence-corrected chi connectivity index (χ3v) is 7.29. The first-order chi connectivity index (χ1) is 12.0. The fraction of sp³-hybridized carbons (Fsp3) is 0.833. The zero-order valence-corrected chi connectivity index (χ0v) is 14.5. The number of amides is 3.